The van der Waals surface area contributed by atoms with Crippen LogP contribution in [0.5, 0.6) is 5.88 Å². The fourth-order valence-corrected chi connectivity index (χ4v) is 5.52. The summed E-state index contributed by atoms with van der Waals surface area (Å²) in [6.07, 6.45) is -1.46. The van der Waals surface area contributed by atoms with Gasteiger partial charge in [0.1, 0.15) is 5.60 Å². The second-order valence-corrected chi connectivity index (χ2v) is 10.6. The molecule has 1 saturated carbocycles. The standard InChI is InChI=1S/C29H37F3N4O5/c1-3-14-41-23-18-36(21-10-12-28(39,13-11-21)24-8-5-9-26(35-24)40-2)17-22(23)34-25(37)16-33-27(38)19-6-4-7-20(15-19)29(30,31)32/h4-9,15,21-23,39H,3,10-14,16-18H2,1-2H3,(H,33,38)(H,34,37)/t21?,22-,23+,28?/m0/s1. The van der Waals surface area contributed by atoms with Gasteiger partial charge in [-0.1, -0.05) is 19.1 Å². The van der Waals surface area contributed by atoms with Crippen LogP contribution in [0, 0.1) is 0 Å². The minimum atomic E-state index is -4.57. The van der Waals surface area contributed by atoms with Crippen molar-refractivity contribution in [2.75, 3.05) is 33.4 Å². The van der Waals surface area contributed by atoms with Gasteiger partial charge < -0.3 is 25.2 Å². The van der Waals surface area contributed by atoms with Gasteiger partial charge >= 0.3 is 6.18 Å². The number of carbonyl (C=O) groups excluding carboxylic acids is 2. The van der Waals surface area contributed by atoms with Gasteiger partial charge in [-0.25, -0.2) is 4.98 Å². The van der Waals surface area contributed by atoms with Crippen molar-refractivity contribution in [3.63, 3.8) is 0 Å². The summed E-state index contributed by atoms with van der Waals surface area (Å²) in [6.45, 7) is 3.31. The van der Waals surface area contributed by atoms with Gasteiger partial charge in [0.25, 0.3) is 5.91 Å². The second kappa shape index (κ2) is 13.2. The molecule has 12 heteroatoms. The number of nitrogens with zero attached hydrogens (tertiary/aromatic N) is 2. The average molecular weight is 579 g/mol. The maximum absolute atomic E-state index is 13.0. The van der Waals surface area contributed by atoms with E-state index >= 15 is 0 Å². The Morgan fingerprint density at radius 3 is 2.56 bits per heavy atom. The van der Waals surface area contributed by atoms with Crippen LogP contribution in [-0.2, 0) is 21.3 Å². The van der Waals surface area contributed by atoms with E-state index in [0.717, 1.165) is 37.5 Å². The number of aromatic nitrogens is 1. The number of rotatable bonds is 10. The quantitative estimate of drug-likeness (QED) is 0.397. The predicted molar refractivity (Wildman–Crippen MR) is 144 cm³/mol. The maximum atomic E-state index is 13.0. The number of halogens is 3. The Bertz CT molecular complexity index is 1200. The minimum absolute atomic E-state index is 0.176. The number of carbonyl (C=O) groups is 2. The van der Waals surface area contributed by atoms with Crippen molar-refractivity contribution in [3.05, 3.63) is 59.3 Å². The molecule has 224 valence electrons. The number of nitrogens with one attached hydrogen (secondary N) is 2. The summed E-state index contributed by atoms with van der Waals surface area (Å²) < 4.78 is 50.2. The Labute approximate surface area is 237 Å². The van der Waals surface area contributed by atoms with Crippen LogP contribution in [0.2, 0.25) is 0 Å². The van der Waals surface area contributed by atoms with E-state index in [-0.39, 0.29) is 30.3 Å². The second-order valence-electron chi connectivity index (χ2n) is 10.6. The van der Waals surface area contributed by atoms with Crippen LogP contribution in [0.25, 0.3) is 0 Å². The Morgan fingerprint density at radius 1 is 1.15 bits per heavy atom. The molecule has 0 spiro atoms. The van der Waals surface area contributed by atoms with E-state index < -0.39 is 29.2 Å². The zero-order chi connectivity index (χ0) is 29.6. The van der Waals surface area contributed by atoms with Crippen LogP contribution in [-0.4, -0.2) is 78.3 Å². The molecule has 1 aromatic heterocycles. The lowest BCUT2D eigenvalue weighted by Gasteiger charge is -2.39. The molecule has 0 radical (unpaired) electrons. The molecule has 2 aliphatic rings. The number of amides is 2. The van der Waals surface area contributed by atoms with Gasteiger partial charge in [0.05, 0.1) is 37.1 Å². The predicted octanol–water partition coefficient (Wildman–Crippen LogP) is 3.26. The van der Waals surface area contributed by atoms with Gasteiger partial charge in [-0.05, 0) is 56.4 Å². The van der Waals surface area contributed by atoms with Crippen LogP contribution in [0.4, 0.5) is 13.2 Å². The normalized spacial score (nSPS) is 25.1. The molecule has 0 bridgehead atoms. The number of pyridine rings is 1. The zero-order valence-electron chi connectivity index (χ0n) is 23.2. The lowest BCUT2D eigenvalue weighted by atomic mass is 9.79. The number of benzene rings is 1. The number of ether oxygens (including phenoxy) is 2. The van der Waals surface area contributed by atoms with Crippen molar-refractivity contribution in [1.29, 1.82) is 0 Å². The first-order valence-corrected chi connectivity index (χ1v) is 13.9. The molecule has 0 unspecified atom stereocenters. The molecular formula is C29H37F3N4O5. The molecule has 9 nitrogen and oxygen atoms in total. The van der Waals surface area contributed by atoms with Crippen molar-refractivity contribution in [1.82, 2.24) is 20.5 Å². The molecule has 1 aliphatic carbocycles. The number of hydrogen-bond donors (Lipinski definition) is 3. The van der Waals surface area contributed by atoms with E-state index in [1.807, 2.05) is 19.1 Å². The fraction of sp³-hybridized carbons (Fsp3) is 0.552. The van der Waals surface area contributed by atoms with Crippen molar-refractivity contribution in [2.45, 2.75) is 69.0 Å². The number of likely N-dealkylation sites (tertiary alicyclic amines) is 1. The van der Waals surface area contributed by atoms with E-state index in [9.17, 15) is 27.9 Å². The molecule has 41 heavy (non-hydrogen) atoms. The van der Waals surface area contributed by atoms with Crippen LogP contribution in [0.1, 0.15) is 60.6 Å². The van der Waals surface area contributed by atoms with Crippen LogP contribution >= 0.6 is 0 Å². The Balaban J connectivity index is 1.32. The summed E-state index contributed by atoms with van der Waals surface area (Å²) in [6, 6.07) is 9.30. The lowest BCUT2D eigenvalue weighted by Crippen LogP contribution is -2.48. The fourth-order valence-electron chi connectivity index (χ4n) is 5.52. The number of alkyl halides is 3. The smallest absolute Gasteiger partial charge is 0.416 e. The Morgan fingerprint density at radius 2 is 1.88 bits per heavy atom. The number of methoxy groups -OCH3 is 1. The van der Waals surface area contributed by atoms with Gasteiger partial charge in [0, 0.05) is 37.4 Å². The van der Waals surface area contributed by atoms with Crippen molar-refractivity contribution in [2.24, 2.45) is 0 Å². The third kappa shape index (κ3) is 7.75. The molecule has 2 atom stereocenters. The molecule has 1 aliphatic heterocycles. The summed E-state index contributed by atoms with van der Waals surface area (Å²) in [5, 5.41) is 16.6. The van der Waals surface area contributed by atoms with E-state index in [0.29, 0.717) is 44.1 Å². The molecule has 2 amide bonds. The highest BCUT2D eigenvalue weighted by atomic mass is 19.4. The van der Waals surface area contributed by atoms with Gasteiger partial charge in [-0.3, -0.25) is 14.5 Å². The first kappa shape index (κ1) is 30.7. The van der Waals surface area contributed by atoms with Crippen molar-refractivity contribution < 1.29 is 37.3 Å². The molecule has 1 aromatic carbocycles. The topological polar surface area (TPSA) is 113 Å². The summed E-state index contributed by atoms with van der Waals surface area (Å²) in [5.74, 6) is -0.763. The Hall–Kier alpha value is -3.22. The first-order valence-electron chi connectivity index (χ1n) is 13.9. The largest absolute Gasteiger partial charge is 0.481 e. The highest BCUT2D eigenvalue weighted by Gasteiger charge is 2.42. The first-order chi connectivity index (χ1) is 19.5. The molecule has 3 N–H and O–H groups in total. The minimum Gasteiger partial charge on any atom is -0.481 e. The molecule has 4 rings (SSSR count). The zero-order valence-corrected chi connectivity index (χ0v) is 23.2. The van der Waals surface area contributed by atoms with Gasteiger partial charge in [0.15, 0.2) is 0 Å². The highest BCUT2D eigenvalue weighted by Crippen LogP contribution is 2.39. The van der Waals surface area contributed by atoms with E-state index in [4.69, 9.17) is 9.47 Å². The Kier molecular flexibility index (Phi) is 9.88. The van der Waals surface area contributed by atoms with Crippen molar-refractivity contribution in [3.8, 4) is 5.88 Å². The molecular weight excluding hydrogens is 541 g/mol. The lowest BCUT2D eigenvalue weighted by molar-refractivity contribution is -0.137. The van der Waals surface area contributed by atoms with Gasteiger partial charge in [-0.2, -0.15) is 13.2 Å². The third-order valence-electron chi connectivity index (χ3n) is 7.75. The van der Waals surface area contributed by atoms with Crippen LogP contribution in [0.3, 0.4) is 0 Å². The monoisotopic (exact) mass is 578 g/mol. The maximum Gasteiger partial charge on any atom is 0.416 e. The summed E-state index contributed by atoms with van der Waals surface area (Å²) in [5.41, 5.74) is -1.55. The molecule has 2 aromatic rings. The number of aliphatic hydroxyl groups is 1. The van der Waals surface area contributed by atoms with E-state index in [1.165, 1.54) is 13.2 Å². The van der Waals surface area contributed by atoms with Crippen LogP contribution < -0.4 is 15.4 Å². The summed E-state index contributed by atoms with van der Waals surface area (Å²) in [7, 11) is 1.54. The molecule has 1 saturated heterocycles. The summed E-state index contributed by atoms with van der Waals surface area (Å²) in [4.78, 5) is 31.8. The highest BCUT2D eigenvalue weighted by molar-refractivity contribution is 5.96. The van der Waals surface area contributed by atoms with Crippen molar-refractivity contribution >= 4 is 11.8 Å². The molecule has 2 fully saturated rings. The molecule has 2 heterocycles. The van der Waals surface area contributed by atoms with E-state index in [1.54, 1.807) is 6.07 Å². The van der Waals surface area contributed by atoms with Gasteiger partial charge in [0.2, 0.25) is 11.8 Å². The SMILES string of the molecule is CCCO[C@@H]1CN(C2CCC(O)(c3cccc(OC)n3)CC2)C[C@@H]1NC(=O)CNC(=O)c1cccc(C(F)(F)F)c1. The number of hydrogen-bond acceptors (Lipinski definition) is 7. The third-order valence-corrected chi connectivity index (χ3v) is 7.75. The summed E-state index contributed by atoms with van der Waals surface area (Å²) >= 11 is 0. The van der Waals surface area contributed by atoms with E-state index in [2.05, 4.69) is 20.5 Å². The average Bonchev–Trinajstić information content (AvgIpc) is 3.36. The van der Waals surface area contributed by atoms with Crippen LogP contribution in [0.15, 0.2) is 42.5 Å². The van der Waals surface area contributed by atoms with Gasteiger partial charge in [-0.15, -0.1) is 0 Å².